The molecule has 0 spiro atoms. The number of rotatable bonds is 15. The summed E-state index contributed by atoms with van der Waals surface area (Å²) in [7, 11) is 0. The molecular weight excluding hydrogens is 462 g/mol. The fourth-order valence-electron chi connectivity index (χ4n) is 2.98. The van der Waals surface area contributed by atoms with Crippen molar-refractivity contribution in [2.45, 2.75) is 63.2 Å². The van der Waals surface area contributed by atoms with Crippen LogP contribution in [0.3, 0.4) is 0 Å². The summed E-state index contributed by atoms with van der Waals surface area (Å²) in [5, 5.41) is 24.8. The molecule has 0 aliphatic heterocycles. The maximum atomic E-state index is 12.9. The Morgan fingerprint density at radius 1 is 0.829 bits per heavy atom. The van der Waals surface area contributed by atoms with Crippen LogP contribution < -0.4 is 27.4 Å². The number of aliphatic carboxylic acids is 2. The van der Waals surface area contributed by atoms with Crippen molar-refractivity contribution in [1.29, 1.82) is 0 Å². The predicted octanol–water partition coefficient (Wildman–Crippen LogP) is -1.75. The summed E-state index contributed by atoms with van der Waals surface area (Å²) < 4.78 is 0. The van der Waals surface area contributed by atoms with E-state index < -0.39 is 66.2 Å². The zero-order chi connectivity index (χ0) is 26.5. The van der Waals surface area contributed by atoms with Gasteiger partial charge in [0.2, 0.25) is 23.6 Å². The SMILES string of the molecule is CC(NC(=O)C(CCC(=O)O)NC(=O)C(CCC(N)=O)NC(=O)C(N)Cc1ccccc1)C(=O)O. The van der Waals surface area contributed by atoms with Gasteiger partial charge in [0, 0.05) is 12.8 Å². The number of hydrogen-bond acceptors (Lipinski definition) is 7. The number of nitrogens with two attached hydrogens (primary N) is 2. The quantitative estimate of drug-likeness (QED) is 0.146. The second-order valence-corrected chi connectivity index (χ2v) is 7.92. The van der Waals surface area contributed by atoms with Gasteiger partial charge in [0.05, 0.1) is 6.04 Å². The van der Waals surface area contributed by atoms with Crippen molar-refractivity contribution < 1.29 is 39.0 Å². The Morgan fingerprint density at radius 3 is 1.86 bits per heavy atom. The zero-order valence-electron chi connectivity index (χ0n) is 19.2. The van der Waals surface area contributed by atoms with Crippen LogP contribution in [0.25, 0.3) is 0 Å². The molecule has 13 heteroatoms. The molecule has 0 radical (unpaired) electrons. The van der Waals surface area contributed by atoms with Crippen LogP contribution in [0.4, 0.5) is 0 Å². The van der Waals surface area contributed by atoms with Gasteiger partial charge < -0.3 is 37.6 Å². The Kier molecular flexibility index (Phi) is 11.9. The van der Waals surface area contributed by atoms with Crippen molar-refractivity contribution in [3.05, 3.63) is 35.9 Å². The first-order chi connectivity index (χ1) is 16.4. The Hall–Kier alpha value is -4.00. The van der Waals surface area contributed by atoms with Gasteiger partial charge in [-0.05, 0) is 31.7 Å². The van der Waals surface area contributed by atoms with Crippen LogP contribution in [0.15, 0.2) is 30.3 Å². The van der Waals surface area contributed by atoms with Crippen molar-refractivity contribution in [3.63, 3.8) is 0 Å². The summed E-state index contributed by atoms with van der Waals surface area (Å²) in [4.78, 5) is 71.2. The minimum Gasteiger partial charge on any atom is -0.481 e. The van der Waals surface area contributed by atoms with Crippen LogP contribution in [0.2, 0.25) is 0 Å². The average Bonchev–Trinajstić information content (AvgIpc) is 2.79. The molecule has 1 aromatic rings. The van der Waals surface area contributed by atoms with Crippen LogP contribution in [0.1, 0.15) is 38.2 Å². The standard InChI is InChI=1S/C22H31N5O8/c1-12(22(34)35)25-20(32)16(8-10-18(29)30)27-21(33)15(7-9-17(24)28)26-19(31)14(23)11-13-5-3-2-4-6-13/h2-6,12,14-16H,7-11,23H2,1H3,(H2,24,28)(H,25,32)(H,26,31)(H,27,33)(H,29,30)(H,34,35). The highest BCUT2D eigenvalue weighted by Gasteiger charge is 2.30. The molecule has 35 heavy (non-hydrogen) atoms. The first-order valence-corrected chi connectivity index (χ1v) is 10.8. The molecule has 4 unspecified atom stereocenters. The lowest BCUT2D eigenvalue weighted by Crippen LogP contribution is -2.57. The highest BCUT2D eigenvalue weighted by molar-refractivity contribution is 5.94. The lowest BCUT2D eigenvalue weighted by Gasteiger charge is -2.24. The fourth-order valence-corrected chi connectivity index (χ4v) is 2.98. The van der Waals surface area contributed by atoms with Gasteiger partial charge in [0.1, 0.15) is 18.1 Å². The third-order valence-electron chi connectivity index (χ3n) is 4.96. The highest BCUT2D eigenvalue weighted by atomic mass is 16.4. The Morgan fingerprint density at radius 2 is 1.34 bits per heavy atom. The first-order valence-electron chi connectivity index (χ1n) is 10.8. The van der Waals surface area contributed by atoms with Gasteiger partial charge in [-0.3, -0.25) is 28.8 Å². The van der Waals surface area contributed by atoms with Crippen LogP contribution in [0.5, 0.6) is 0 Å². The molecule has 4 atom stereocenters. The Balaban J connectivity index is 2.96. The number of carbonyl (C=O) groups excluding carboxylic acids is 4. The highest BCUT2D eigenvalue weighted by Crippen LogP contribution is 2.06. The van der Waals surface area contributed by atoms with E-state index in [-0.39, 0.29) is 25.7 Å². The second kappa shape index (κ2) is 14.3. The zero-order valence-corrected chi connectivity index (χ0v) is 19.2. The lowest BCUT2D eigenvalue weighted by atomic mass is 10.0. The molecule has 0 heterocycles. The lowest BCUT2D eigenvalue weighted by molar-refractivity contribution is -0.142. The van der Waals surface area contributed by atoms with Crippen molar-refractivity contribution in [2.24, 2.45) is 11.5 Å². The minimum absolute atomic E-state index is 0.174. The number of hydrogen-bond donors (Lipinski definition) is 7. The molecule has 0 fully saturated rings. The van der Waals surface area contributed by atoms with E-state index in [1.807, 2.05) is 0 Å². The molecule has 0 saturated heterocycles. The van der Waals surface area contributed by atoms with Gasteiger partial charge in [-0.15, -0.1) is 0 Å². The maximum absolute atomic E-state index is 12.9. The molecule has 0 saturated carbocycles. The number of amides is 4. The van der Waals surface area contributed by atoms with E-state index in [1.54, 1.807) is 30.3 Å². The van der Waals surface area contributed by atoms with Crippen LogP contribution in [-0.4, -0.2) is 69.9 Å². The van der Waals surface area contributed by atoms with Crippen molar-refractivity contribution in [1.82, 2.24) is 16.0 Å². The summed E-state index contributed by atoms with van der Waals surface area (Å²) in [5.74, 6) is -5.81. The number of carboxylic acids is 2. The van der Waals surface area contributed by atoms with Crippen molar-refractivity contribution in [2.75, 3.05) is 0 Å². The summed E-state index contributed by atoms with van der Waals surface area (Å²) >= 11 is 0. The third kappa shape index (κ3) is 11.1. The Bertz CT molecular complexity index is 924. The van der Waals surface area contributed by atoms with E-state index in [0.29, 0.717) is 0 Å². The topological polar surface area (TPSA) is 231 Å². The van der Waals surface area contributed by atoms with Gasteiger partial charge >= 0.3 is 11.9 Å². The van der Waals surface area contributed by atoms with Gasteiger partial charge in [0.15, 0.2) is 0 Å². The molecule has 9 N–H and O–H groups in total. The number of primary amides is 1. The van der Waals surface area contributed by atoms with E-state index in [2.05, 4.69) is 16.0 Å². The van der Waals surface area contributed by atoms with Crippen LogP contribution in [-0.2, 0) is 35.2 Å². The summed E-state index contributed by atoms with van der Waals surface area (Å²) in [6.07, 6.45) is -1.14. The molecule has 192 valence electrons. The van der Waals surface area contributed by atoms with E-state index in [9.17, 15) is 28.8 Å². The molecule has 1 aromatic carbocycles. The number of carbonyl (C=O) groups is 6. The fraction of sp³-hybridized carbons (Fsp3) is 0.455. The summed E-state index contributed by atoms with van der Waals surface area (Å²) in [6.45, 7) is 1.19. The maximum Gasteiger partial charge on any atom is 0.325 e. The van der Waals surface area contributed by atoms with E-state index in [1.165, 1.54) is 6.92 Å². The molecule has 1 rings (SSSR count). The minimum atomic E-state index is -1.41. The summed E-state index contributed by atoms with van der Waals surface area (Å²) in [5.41, 5.74) is 11.9. The van der Waals surface area contributed by atoms with E-state index in [4.69, 9.17) is 21.7 Å². The second-order valence-electron chi connectivity index (χ2n) is 7.92. The largest absolute Gasteiger partial charge is 0.481 e. The Labute approximate surface area is 201 Å². The van der Waals surface area contributed by atoms with Crippen molar-refractivity contribution in [3.8, 4) is 0 Å². The molecule has 13 nitrogen and oxygen atoms in total. The van der Waals surface area contributed by atoms with Gasteiger partial charge in [0.25, 0.3) is 0 Å². The smallest absolute Gasteiger partial charge is 0.325 e. The normalized spacial score (nSPS) is 14.0. The number of nitrogens with one attached hydrogen (secondary N) is 3. The molecule has 4 amide bonds. The van der Waals surface area contributed by atoms with E-state index >= 15 is 0 Å². The molecule has 0 aromatic heterocycles. The molecule has 0 aliphatic carbocycles. The third-order valence-corrected chi connectivity index (χ3v) is 4.96. The average molecular weight is 494 g/mol. The number of benzene rings is 1. The van der Waals surface area contributed by atoms with Gasteiger partial charge in [-0.1, -0.05) is 30.3 Å². The number of carboxylic acid groups (broad SMARTS) is 2. The van der Waals surface area contributed by atoms with Crippen LogP contribution in [0, 0.1) is 0 Å². The monoisotopic (exact) mass is 493 g/mol. The predicted molar refractivity (Wildman–Crippen MR) is 123 cm³/mol. The van der Waals surface area contributed by atoms with Gasteiger partial charge in [-0.2, -0.15) is 0 Å². The van der Waals surface area contributed by atoms with E-state index in [0.717, 1.165) is 5.56 Å². The molecule has 0 bridgehead atoms. The van der Waals surface area contributed by atoms with Crippen LogP contribution >= 0.6 is 0 Å². The molecule has 0 aliphatic rings. The van der Waals surface area contributed by atoms with Gasteiger partial charge in [-0.25, -0.2) is 0 Å². The van der Waals surface area contributed by atoms with Crippen molar-refractivity contribution >= 4 is 35.6 Å². The molecular formula is C22H31N5O8. The first kappa shape index (κ1) is 29.0. The summed E-state index contributed by atoms with van der Waals surface area (Å²) in [6, 6.07) is 3.85.